The SMILES string of the molecule is COc1cccc2c3cc(Cl)ncc3n(C)c12. The highest BCUT2D eigenvalue weighted by Gasteiger charge is 2.12. The maximum atomic E-state index is 5.95. The van der Waals surface area contributed by atoms with Crippen LogP contribution in [0.25, 0.3) is 21.8 Å². The van der Waals surface area contributed by atoms with E-state index in [0.29, 0.717) is 5.15 Å². The molecular weight excluding hydrogens is 236 g/mol. The van der Waals surface area contributed by atoms with Gasteiger partial charge in [0.05, 0.1) is 24.3 Å². The minimum Gasteiger partial charge on any atom is -0.495 e. The predicted molar refractivity (Wildman–Crippen MR) is 69.8 cm³/mol. The van der Waals surface area contributed by atoms with Crippen LogP contribution in [0.1, 0.15) is 0 Å². The number of hydrogen-bond acceptors (Lipinski definition) is 2. The molecule has 4 heteroatoms. The van der Waals surface area contributed by atoms with Gasteiger partial charge in [0.2, 0.25) is 0 Å². The fraction of sp³-hybridized carbons (Fsp3) is 0.154. The minimum atomic E-state index is 0.507. The zero-order valence-corrected chi connectivity index (χ0v) is 10.3. The number of aryl methyl sites for hydroxylation is 1. The summed E-state index contributed by atoms with van der Waals surface area (Å²) in [6.45, 7) is 0. The zero-order valence-electron chi connectivity index (χ0n) is 9.57. The molecule has 0 amide bonds. The lowest BCUT2D eigenvalue weighted by atomic mass is 10.2. The maximum Gasteiger partial charge on any atom is 0.143 e. The first-order chi connectivity index (χ1) is 8.22. The fourth-order valence-electron chi connectivity index (χ4n) is 2.28. The molecule has 2 heterocycles. The van der Waals surface area contributed by atoms with Crippen LogP contribution in [0.15, 0.2) is 30.5 Å². The number of benzene rings is 1. The summed E-state index contributed by atoms with van der Waals surface area (Å²) in [5, 5.41) is 2.74. The molecule has 2 aromatic heterocycles. The van der Waals surface area contributed by atoms with Crippen molar-refractivity contribution in [2.45, 2.75) is 0 Å². The van der Waals surface area contributed by atoms with Gasteiger partial charge in [0.15, 0.2) is 0 Å². The number of nitrogens with zero attached hydrogens (tertiary/aromatic N) is 2. The summed E-state index contributed by atoms with van der Waals surface area (Å²) in [6.07, 6.45) is 1.79. The van der Waals surface area contributed by atoms with Crippen LogP contribution in [0, 0.1) is 0 Å². The number of halogens is 1. The number of aromatic nitrogens is 2. The molecule has 3 aromatic rings. The first-order valence-corrected chi connectivity index (χ1v) is 5.67. The van der Waals surface area contributed by atoms with Crippen LogP contribution in [0.4, 0.5) is 0 Å². The molecule has 0 radical (unpaired) electrons. The number of hydrogen-bond donors (Lipinski definition) is 0. The van der Waals surface area contributed by atoms with E-state index in [4.69, 9.17) is 16.3 Å². The molecule has 0 unspecified atom stereocenters. The second-order valence-corrected chi connectivity index (χ2v) is 4.33. The number of ether oxygens (including phenoxy) is 1. The molecule has 0 fully saturated rings. The van der Waals surface area contributed by atoms with Crippen molar-refractivity contribution in [1.29, 1.82) is 0 Å². The van der Waals surface area contributed by atoms with Gasteiger partial charge in [-0.15, -0.1) is 0 Å². The van der Waals surface area contributed by atoms with E-state index < -0.39 is 0 Å². The lowest BCUT2D eigenvalue weighted by Crippen LogP contribution is -1.91. The first kappa shape index (κ1) is 10.4. The van der Waals surface area contributed by atoms with Crippen molar-refractivity contribution < 1.29 is 4.74 Å². The quantitative estimate of drug-likeness (QED) is 0.616. The maximum absolute atomic E-state index is 5.95. The van der Waals surface area contributed by atoms with Crippen LogP contribution < -0.4 is 4.74 Å². The topological polar surface area (TPSA) is 27.1 Å². The molecule has 0 spiro atoms. The Labute approximate surface area is 104 Å². The van der Waals surface area contributed by atoms with E-state index in [2.05, 4.69) is 15.6 Å². The van der Waals surface area contributed by atoms with Gasteiger partial charge in [0, 0.05) is 17.8 Å². The summed E-state index contributed by atoms with van der Waals surface area (Å²) in [6, 6.07) is 7.89. The Morgan fingerprint density at radius 1 is 1.29 bits per heavy atom. The zero-order chi connectivity index (χ0) is 12.0. The van der Waals surface area contributed by atoms with Gasteiger partial charge in [0.1, 0.15) is 10.9 Å². The summed E-state index contributed by atoms with van der Waals surface area (Å²) in [5.74, 6) is 0.859. The van der Waals surface area contributed by atoms with Crippen molar-refractivity contribution in [3.63, 3.8) is 0 Å². The number of para-hydroxylation sites is 1. The smallest absolute Gasteiger partial charge is 0.143 e. The average Bonchev–Trinajstić information content (AvgIpc) is 2.63. The molecule has 0 aliphatic heterocycles. The van der Waals surface area contributed by atoms with Crippen molar-refractivity contribution in [1.82, 2.24) is 9.55 Å². The predicted octanol–water partition coefficient (Wildman–Crippen LogP) is 3.39. The van der Waals surface area contributed by atoms with Crippen LogP contribution in [0.3, 0.4) is 0 Å². The Hall–Kier alpha value is -1.74. The number of fused-ring (bicyclic) bond motifs is 3. The molecule has 3 rings (SSSR count). The number of pyridine rings is 1. The molecule has 0 aliphatic carbocycles. The third kappa shape index (κ3) is 1.39. The van der Waals surface area contributed by atoms with Gasteiger partial charge in [0.25, 0.3) is 0 Å². The Morgan fingerprint density at radius 3 is 2.88 bits per heavy atom. The molecule has 3 nitrogen and oxygen atoms in total. The van der Waals surface area contributed by atoms with E-state index in [-0.39, 0.29) is 0 Å². The molecule has 17 heavy (non-hydrogen) atoms. The van der Waals surface area contributed by atoms with Crippen LogP contribution in [0.5, 0.6) is 5.75 Å². The van der Waals surface area contributed by atoms with Gasteiger partial charge >= 0.3 is 0 Å². The number of rotatable bonds is 1. The lowest BCUT2D eigenvalue weighted by Gasteiger charge is -2.03. The Bertz CT molecular complexity index is 718. The normalized spacial score (nSPS) is 11.2. The van der Waals surface area contributed by atoms with E-state index in [9.17, 15) is 0 Å². The average molecular weight is 247 g/mol. The Balaban J connectivity index is 2.58. The number of methoxy groups -OCH3 is 1. The first-order valence-electron chi connectivity index (χ1n) is 5.29. The third-order valence-electron chi connectivity index (χ3n) is 3.06. The van der Waals surface area contributed by atoms with Crippen molar-refractivity contribution in [2.75, 3.05) is 7.11 Å². The van der Waals surface area contributed by atoms with E-state index >= 15 is 0 Å². The van der Waals surface area contributed by atoms with E-state index in [1.165, 1.54) is 0 Å². The summed E-state index contributed by atoms with van der Waals surface area (Å²) < 4.78 is 7.47. The molecule has 0 saturated heterocycles. The highest BCUT2D eigenvalue weighted by molar-refractivity contribution is 6.30. The second-order valence-electron chi connectivity index (χ2n) is 3.94. The van der Waals surface area contributed by atoms with Crippen molar-refractivity contribution in [3.8, 4) is 5.75 Å². The molecule has 0 aliphatic rings. The second kappa shape index (κ2) is 3.64. The summed E-state index contributed by atoms with van der Waals surface area (Å²) in [4.78, 5) is 4.12. The highest BCUT2D eigenvalue weighted by Crippen LogP contribution is 2.34. The Kier molecular flexibility index (Phi) is 2.23. The van der Waals surface area contributed by atoms with Gasteiger partial charge < -0.3 is 9.30 Å². The molecule has 0 N–H and O–H groups in total. The lowest BCUT2D eigenvalue weighted by molar-refractivity contribution is 0.418. The summed E-state index contributed by atoms with van der Waals surface area (Å²) >= 11 is 5.95. The molecule has 0 saturated carbocycles. The highest BCUT2D eigenvalue weighted by atomic mass is 35.5. The van der Waals surface area contributed by atoms with E-state index in [0.717, 1.165) is 27.6 Å². The van der Waals surface area contributed by atoms with Gasteiger partial charge in [-0.3, -0.25) is 0 Å². The summed E-state index contributed by atoms with van der Waals surface area (Å²) in [7, 11) is 3.68. The fourth-order valence-corrected chi connectivity index (χ4v) is 2.43. The standard InChI is InChI=1S/C13H11ClN2O/c1-16-10-7-15-12(14)6-9(10)8-4-3-5-11(17-2)13(8)16/h3-7H,1-2H3. The van der Waals surface area contributed by atoms with Crippen molar-refractivity contribution in [3.05, 3.63) is 35.6 Å². The van der Waals surface area contributed by atoms with Crippen LogP contribution in [-0.4, -0.2) is 16.7 Å². The van der Waals surface area contributed by atoms with Gasteiger partial charge in [-0.05, 0) is 12.1 Å². The van der Waals surface area contributed by atoms with Gasteiger partial charge in [-0.1, -0.05) is 23.7 Å². The van der Waals surface area contributed by atoms with Crippen molar-refractivity contribution in [2.24, 2.45) is 7.05 Å². The molecule has 86 valence electrons. The van der Waals surface area contributed by atoms with E-state index in [1.807, 2.05) is 25.2 Å². The molecule has 0 bridgehead atoms. The van der Waals surface area contributed by atoms with Crippen LogP contribution in [-0.2, 0) is 7.05 Å². The monoisotopic (exact) mass is 246 g/mol. The van der Waals surface area contributed by atoms with E-state index in [1.54, 1.807) is 13.3 Å². The third-order valence-corrected chi connectivity index (χ3v) is 3.26. The molecular formula is C13H11ClN2O. The molecule has 0 atom stereocenters. The summed E-state index contributed by atoms with van der Waals surface area (Å²) in [5.41, 5.74) is 2.11. The van der Waals surface area contributed by atoms with Crippen LogP contribution in [0.2, 0.25) is 5.15 Å². The van der Waals surface area contributed by atoms with Crippen molar-refractivity contribution >= 4 is 33.4 Å². The molecule has 1 aromatic carbocycles. The van der Waals surface area contributed by atoms with Crippen LogP contribution >= 0.6 is 11.6 Å². The minimum absolute atomic E-state index is 0.507. The Morgan fingerprint density at radius 2 is 2.12 bits per heavy atom. The largest absolute Gasteiger partial charge is 0.495 e. The van der Waals surface area contributed by atoms with Gasteiger partial charge in [-0.25, -0.2) is 4.98 Å². The van der Waals surface area contributed by atoms with Gasteiger partial charge in [-0.2, -0.15) is 0 Å².